The monoisotopic (exact) mass is 273 g/mol. The number of hydrogen-bond acceptors (Lipinski definition) is 4. The van der Waals surface area contributed by atoms with Crippen LogP contribution in [0.15, 0.2) is 0 Å². The maximum Gasteiger partial charge on any atom is 0.310 e. The lowest BCUT2D eigenvalue weighted by Crippen LogP contribution is -2.48. The fourth-order valence-electron chi connectivity index (χ4n) is 2.49. The Labute approximate surface area is 115 Å². The highest BCUT2D eigenvalue weighted by atomic mass is 16.5. The van der Waals surface area contributed by atoms with Crippen LogP contribution in [0, 0.1) is 5.41 Å². The third-order valence-electron chi connectivity index (χ3n) is 3.71. The van der Waals surface area contributed by atoms with Crippen LogP contribution in [0.2, 0.25) is 0 Å². The number of piperidine rings is 1. The van der Waals surface area contributed by atoms with Gasteiger partial charge in [0.25, 0.3) is 0 Å². The minimum atomic E-state index is -0.745. The van der Waals surface area contributed by atoms with E-state index in [9.17, 15) is 15.0 Å². The Morgan fingerprint density at radius 3 is 2.89 bits per heavy atom. The Hall–Kier alpha value is -0.650. The molecule has 0 spiro atoms. The summed E-state index contributed by atoms with van der Waals surface area (Å²) < 4.78 is 5.38. The molecule has 19 heavy (non-hydrogen) atoms. The van der Waals surface area contributed by atoms with Crippen LogP contribution in [0.5, 0.6) is 0 Å². The molecule has 0 saturated carbocycles. The van der Waals surface area contributed by atoms with Gasteiger partial charge in [0.2, 0.25) is 0 Å². The van der Waals surface area contributed by atoms with Crippen LogP contribution in [0.4, 0.5) is 0 Å². The molecular weight excluding hydrogens is 246 g/mol. The Morgan fingerprint density at radius 1 is 1.53 bits per heavy atom. The molecule has 112 valence electrons. The zero-order valence-electron chi connectivity index (χ0n) is 12.1. The summed E-state index contributed by atoms with van der Waals surface area (Å²) in [5.74, 6) is -0.745. The molecule has 1 aliphatic rings. The van der Waals surface area contributed by atoms with E-state index in [0.29, 0.717) is 32.7 Å². The summed E-state index contributed by atoms with van der Waals surface area (Å²) in [7, 11) is 0. The molecule has 0 amide bonds. The minimum absolute atomic E-state index is 0.334. The summed E-state index contributed by atoms with van der Waals surface area (Å²) in [5, 5.41) is 19.1. The number of aliphatic hydroxyl groups excluding tert-OH is 1. The topological polar surface area (TPSA) is 70.0 Å². The van der Waals surface area contributed by atoms with Gasteiger partial charge in [-0.05, 0) is 32.7 Å². The van der Waals surface area contributed by atoms with Crippen molar-refractivity contribution in [3.63, 3.8) is 0 Å². The van der Waals surface area contributed by atoms with Crippen molar-refractivity contribution in [1.29, 1.82) is 0 Å². The molecule has 0 aromatic carbocycles. The molecule has 1 fully saturated rings. The second-order valence-electron chi connectivity index (χ2n) is 5.79. The molecule has 0 radical (unpaired) electrons. The maximum atomic E-state index is 11.2. The molecule has 0 aliphatic carbocycles. The van der Waals surface area contributed by atoms with E-state index in [-0.39, 0.29) is 0 Å². The number of carboxylic acids is 1. The SMILES string of the molecule is CCCCOCC(O)CN1CCCC(C)(C(=O)O)C1. The van der Waals surface area contributed by atoms with Gasteiger partial charge in [-0.3, -0.25) is 9.69 Å². The summed E-state index contributed by atoms with van der Waals surface area (Å²) in [6, 6.07) is 0. The Bertz CT molecular complexity index is 285. The molecule has 5 nitrogen and oxygen atoms in total. The summed E-state index contributed by atoms with van der Waals surface area (Å²) in [6.45, 7) is 6.75. The molecule has 0 bridgehead atoms. The van der Waals surface area contributed by atoms with Crippen molar-refractivity contribution in [1.82, 2.24) is 4.90 Å². The van der Waals surface area contributed by atoms with E-state index in [1.807, 2.05) is 4.90 Å². The fraction of sp³-hybridized carbons (Fsp3) is 0.929. The first kappa shape index (κ1) is 16.4. The fourth-order valence-corrected chi connectivity index (χ4v) is 2.49. The smallest absolute Gasteiger partial charge is 0.310 e. The number of carboxylic acid groups (broad SMARTS) is 1. The van der Waals surface area contributed by atoms with Crippen molar-refractivity contribution in [2.24, 2.45) is 5.41 Å². The number of aliphatic hydroxyl groups is 1. The normalized spacial score (nSPS) is 26.3. The largest absolute Gasteiger partial charge is 0.481 e. The van der Waals surface area contributed by atoms with E-state index in [4.69, 9.17) is 4.74 Å². The van der Waals surface area contributed by atoms with Crippen LogP contribution < -0.4 is 0 Å². The number of aliphatic carboxylic acids is 1. The second kappa shape index (κ2) is 7.82. The number of β-amino-alcohol motifs (C(OH)–C–C–N with tert-alkyl or cyclic N) is 1. The number of carbonyl (C=O) groups is 1. The molecule has 0 aromatic rings. The molecule has 1 heterocycles. The highest BCUT2D eigenvalue weighted by Crippen LogP contribution is 2.29. The van der Waals surface area contributed by atoms with Gasteiger partial charge in [0, 0.05) is 19.7 Å². The average Bonchev–Trinajstić information content (AvgIpc) is 2.34. The van der Waals surface area contributed by atoms with Gasteiger partial charge in [0.05, 0.1) is 18.1 Å². The third kappa shape index (κ3) is 5.47. The van der Waals surface area contributed by atoms with Crippen molar-refractivity contribution < 1.29 is 19.7 Å². The average molecular weight is 273 g/mol. The third-order valence-corrected chi connectivity index (χ3v) is 3.71. The van der Waals surface area contributed by atoms with Crippen molar-refractivity contribution in [2.75, 3.05) is 32.8 Å². The number of likely N-dealkylation sites (tertiary alicyclic amines) is 1. The van der Waals surface area contributed by atoms with Crippen LogP contribution in [-0.4, -0.2) is 60.0 Å². The lowest BCUT2D eigenvalue weighted by molar-refractivity contribution is -0.151. The molecule has 1 saturated heterocycles. The second-order valence-corrected chi connectivity index (χ2v) is 5.79. The Kier molecular flexibility index (Phi) is 6.75. The number of unbranched alkanes of at least 4 members (excludes halogenated alkanes) is 1. The molecule has 2 N–H and O–H groups in total. The van der Waals surface area contributed by atoms with Crippen molar-refractivity contribution in [3.8, 4) is 0 Å². The lowest BCUT2D eigenvalue weighted by atomic mass is 9.82. The van der Waals surface area contributed by atoms with Gasteiger partial charge in [-0.25, -0.2) is 0 Å². The first-order valence-corrected chi connectivity index (χ1v) is 7.19. The van der Waals surface area contributed by atoms with E-state index in [2.05, 4.69) is 6.92 Å². The van der Waals surface area contributed by atoms with Crippen LogP contribution in [0.3, 0.4) is 0 Å². The van der Waals surface area contributed by atoms with Crippen LogP contribution in [-0.2, 0) is 9.53 Å². The van der Waals surface area contributed by atoms with Crippen molar-refractivity contribution >= 4 is 5.97 Å². The lowest BCUT2D eigenvalue weighted by Gasteiger charge is -2.38. The summed E-state index contributed by atoms with van der Waals surface area (Å²) in [5.41, 5.74) is -0.680. The minimum Gasteiger partial charge on any atom is -0.481 e. The molecule has 1 rings (SSSR count). The van der Waals surface area contributed by atoms with Gasteiger partial charge in [-0.15, -0.1) is 0 Å². The summed E-state index contributed by atoms with van der Waals surface area (Å²) in [4.78, 5) is 13.3. The summed E-state index contributed by atoms with van der Waals surface area (Å²) >= 11 is 0. The van der Waals surface area contributed by atoms with Gasteiger partial charge in [-0.1, -0.05) is 13.3 Å². The predicted octanol–water partition coefficient (Wildman–Crippen LogP) is 1.35. The number of nitrogens with zero attached hydrogens (tertiary/aromatic N) is 1. The zero-order chi connectivity index (χ0) is 14.3. The van der Waals surface area contributed by atoms with Gasteiger partial charge in [0.1, 0.15) is 0 Å². The van der Waals surface area contributed by atoms with E-state index < -0.39 is 17.5 Å². The number of rotatable bonds is 8. The quantitative estimate of drug-likeness (QED) is 0.653. The van der Waals surface area contributed by atoms with E-state index in [0.717, 1.165) is 25.8 Å². The Morgan fingerprint density at radius 2 is 2.26 bits per heavy atom. The first-order valence-electron chi connectivity index (χ1n) is 7.19. The molecule has 2 unspecified atom stereocenters. The van der Waals surface area contributed by atoms with Crippen LogP contribution in [0.1, 0.15) is 39.5 Å². The molecule has 1 aliphatic heterocycles. The van der Waals surface area contributed by atoms with Crippen LogP contribution in [0.25, 0.3) is 0 Å². The Balaban J connectivity index is 2.30. The van der Waals surface area contributed by atoms with E-state index >= 15 is 0 Å². The molecule has 2 atom stereocenters. The van der Waals surface area contributed by atoms with Crippen LogP contribution >= 0.6 is 0 Å². The number of hydrogen-bond donors (Lipinski definition) is 2. The standard InChI is InChI=1S/C14H27NO4/c1-3-4-8-19-10-12(16)9-15-7-5-6-14(2,11-15)13(17)18/h12,16H,3-11H2,1-2H3,(H,17,18). The van der Waals surface area contributed by atoms with Crippen molar-refractivity contribution in [3.05, 3.63) is 0 Å². The molecule has 0 aromatic heterocycles. The number of ether oxygens (including phenoxy) is 1. The highest BCUT2D eigenvalue weighted by Gasteiger charge is 2.38. The highest BCUT2D eigenvalue weighted by molar-refractivity contribution is 5.74. The van der Waals surface area contributed by atoms with E-state index in [1.165, 1.54) is 0 Å². The van der Waals surface area contributed by atoms with Crippen molar-refractivity contribution in [2.45, 2.75) is 45.6 Å². The molecular formula is C14H27NO4. The predicted molar refractivity (Wildman–Crippen MR) is 73.2 cm³/mol. The summed E-state index contributed by atoms with van der Waals surface area (Å²) in [6.07, 6.45) is 3.13. The van der Waals surface area contributed by atoms with Gasteiger partial charge >= 0.3 is 5.97 Å². The van der Waals surface area contributed by atoms with E-state index in [1.54, 1.807) is 6.92 Å². The van der Waals surface area contributed by atoms with Gasteiger partial charge in [-0.2, -0.15) is 0 Å². The van der Waals surface area contributed by atoms with Gasteiger partial charge < -0.3 is 14.9 Å². The first-order chi connectivity index (χ1) is 8.98. The van der Waals surface area contributed by atoms with Gasteiger partial charge in [0.15, 0.2) is 0 Å². The maximum absolute atomic E-state index is 11.2. The molecule has 5 heteroatoms. The zero-order valence-corrected chi connectivity index (χ0v) is 12.1.